The lowest BCUT2D eigenvalue weighted by atomic mass is 9.96. The minimum absolute atomic E-state index is 0.00406. The fourth-order valence-electron chi connectivity index (χ4n) is 3.65. The fourth-order valence-corrected chi connectivity index (χ4v) is 3.65. The first-order valence-electron chi connectivity index (χ1n) is 9.70. The monoisotopic (exact) mass is 432 g/mol. The predicted octanol–water partition coefficient (Wildman–Crippen LogP) is 3.97. The van der Waals surface area contributed by atoms with Crippen molar-refractivity contribution in [3.8, 4) is 17.2 Å². The van der Waals surface area contributed by atoms with Crippen LogP contribution < -0.4 is 16.6 Å². The van der Waals surface area contributed by atoms with Gasteiger partial charge in [0.25, 0.3) is 5.56 Å². The standard InChI is InChI=1S/C23H18F2N6O/c1-12(28-21-19(10-26)13(2)29-23(27)30-21)18-9-17-7-6-16(25)11-31(17)22(32)20(18)14-4-3-5-15(24)8-14/h3-9,11-12H,1-2H3,(H3,27,28,29,30). The summed E-state index contributed by atoms with van der Waals surface area (Å²) < 4.78 is 29.0. The summed E-state index contributed by atoms with van der Waals surface area (Å²) in [6.45, 7) is 3.41. The molecule has 1 atom stereocenters. The Morgan fingerprint density at radius 3 is 2.66 bits per heavy atom. The summed E-state index contributed by atoms with van der Waals surface area (Å²) in [5.41, 5.74) is 7.39. The zero-order valence-corrected chi connectivity index (χ0v) is 17.2. The largest absolute Gasteiger partial charge is 0.368 e. The maximum absolute atomic E-state index is 14.0. The van der Waals surface area contributed by atoms with Crippen LogP contribution in [0.1, 0.15) is 29.8 Å². The third-order valence-electron chi connectivity index (χ3n) is 5.12. The van der Waals surface area contributed by atoms with E-state index in [1.165, 1.54) is 34.7 Å². The van der Waals surface area contributed by atoms with E-state index in [4.69, 9.17) is 5.73 Å². The van der Waals surface area contributed by atoms with E-state index in [9.17, 15) is 18.8 Å². The van der Waals surface area contributed by atoms with Gasteiger partial charge in [-0.05, 0) is 55.3 Å². The lowest BCUT2D eigenvalue weighted by Crippen LogP contribution is -2.21. The Hall–Kier alpha value is -4.32. The molecule has 0 spiro atoms. The van der Waals surface area contributed by atoms with Crippen molar-refractivity contribution in [3.05, 3.63) is 87.5 Å². The Bertz CT molecular complexity index is 1460. The van der Waals surface area contributed by atoms with Crippen molar-refractivity contribution in [2.45, 2.75) is 19.9 Å². The van der Waals surface area contributed by atoms with E-state index in [0.29, 0.717) is 22.3 Å². The first-order chi connectivity index (χ1) is 15.3. The van der Waals surface area contributed by atoms with Crippen molar-refractivity contribution in [1.29, 1.82) is 5.26 Å². The molecule has 0 aliphatic carbocycles. The van der Waals surface area contributed by atoms with Crippen molar-refractivity contribution >= 4 is 17.3 Å². The Morgan fingerprint density at radius 1 is 1.16 bits per heavy atom. The van der Waals surface area contributed by atoms with Crippen LogP contribution in [0.5, 0.6) is 0 Å². The highest BCUT2D eigenvalue weighted by atomic mass is 19.1. The summed E-state index contributed by atoms with van der Waals surface area (Å²) in [6, 6.07) is 11.6. The van der Waals surface area contributed by atoms with Crippen LogP contribution in [0.25, 0.3) is 16.6 Å². The molecule has 3 N–H and O–H groups in total. The smallest absolute Gasteiger partial charge is 0.263 e. The summed E-state index contributed by atoms with van der Waals surface area (Å²) in [5, 5.41) is 12.6. The van der Waals surface area contributed by atoms with E-state index in [1.54, 1.807) is 26.0 Å². The number of nitrogen functional groups attached to an aromatic ring is 1. The van der Waals surface area contributed by atoms with Crippen LogP contribution in [-0.2, 0) is 0 Å². The lowest BCUT2D eigenvalue weighted by molar-refractivity contribution is 0.618. The number of benzene rings is 1. The molecule has 3 heterocycles. The number of aromatic nitrogens is 3. The van der Waals surface area contributed by atoms with Crippen LogP contribution in [0, 0.1) is 29.9 Å². The summed E-state index contributed by atoms with van der Waals surface area (Å²) >= 11 is 0. The molecule has 160 valence electrons. The summed E-state index contributed by atoms with van der Waals surface area (Å²) in [4.78, 5) is 21.5. The number of hydrogen-bond acceptors (Lipinski definition) is 6. The Labute approximate surface area is 181 Å². The topological polar surface area (TPSA) is 109 Å². The highest BCUT2D eigenvalue weighted by molar-refractivity contribution is 5.71. The van der Waals surface area contributed by atoms with Crippen LogP contribution in [0.4, 0.5) is 20.5 Å². The molecule has 0 saturated heterocycles. The maximum Gasteiger partial charge on any atom is 0.263 e. The molecule has 0 aliphatic rings. The number of anilines is 2. The van der Waals surface area contributed by atoms with Gasteiger partial charge in [-0.25, -0.2) is 13.8 Å². The van der Waals surface area contributed by atoms with Crippen LogP contribution in [-0.4, -0.2) is 14.4 Å². The van der Waals surface area contributed by atoms with E-state index in [0.717, 1.165) is 6.20 Å². The van der Waals surface area contributed by atoms with Crippen molar-refractivity contribution in [3.63, 3.8) is 0 Å². The molecule has 4 aromatic rings. The highest BCUT2D eigenvalue weighted by Gasteiger charge is 2.21. The van der Waals surface area contributed by atoms with Crippen molar-refractivity contribution in [1.82, 2.24) is 14.4 Å². The van der Waals surface area contributed by atoms with Gasteiger partial charge in [-0.1, -0.05) is 12.1 Å². The van der Waals surface area contributed by atoms with Gasteiger partial charge in [0.15, 0.2) is 0 Å². The first kappa shape index (κ1) is 20.9. The number of nitrogens with zero attached hydrogens (tertiary/aromatic N) is 4. The number of pyridine rings is 2. The van der Waals surface area contributed by atoms with E-state index in [2.05, 4.69) is 15.3 Å². The molecule has 0 aliphatic heterocycles. The molecule has 4 rings (SSSR count). The minimum Gasteiger partial charge on any atom is -0.368 e. The van der Waals surface area contributed by atoms with E-state index in [1.807, 2.05) is 6.07 Å². The van der Waals surface area contributed by atoms with Crippen LogP contribution in [0.3, 0.4) is 0 Å². The summed E-state index contributed by atoms with van der Waals surface area (Å²) in [6.07, 6.45) is 1.09. The Balaban J connectivity index is 1.94. The van der Waals surface area contributed by atoms with Gasteiger partial charge in [0, 0.05) is 11.7 Å². The van der Waals surface area contributed by atoms with Gasteiger partial charge in [0.1, 0.15) is 29.1 Å². The molecule has 0 fully saturated rings. The Kier molecular flexibility index (Phi) is 5.28. The SMILES string of the molecule is Cc1nc(N)nc(NC(C)c2cc3ccc(F)cn3c(=O)c2-c2cccc(F)c2)c1C#N. The molecule has 3 aromatic heterocycles. The quantitative estimate of drug-likeness (QED) is 0.505. The van der Waals surface area contributed by atoms with Gasteiger partial charge in [-0.15, -0.1) is 0 Å². The van der Waals surface area contributed by atoms with E-state index >= 15 is 0 Å². The van der Waals surface area contributed by atoms with Gasteiger partial charge in [0.2, 0.25) is 5.95 Å². The van der Waals surface area contributed by atoms with Crippen LogP contribution in [0.2, 0.25) is 0 Å². The van der Waals surface area contributed by atoms with Gasteiger partial charge < -0.3 is 11.1 Å². The van der Waals surface area contributed by atoms with Crippen LogP contribution >= 0.6 is 0 Å². The zero-order valence-electron chi connectivity index (χ0n) is 17.2. The second kappa shape index (κ2) is 8.07. The molecule has 0 radical (unpaired) electrons. The highest BCUT2D eigenvalue weighted by Crippen LogP contribution is 2.30. The molecule has 9 heteroatoms. The molecular formula is C23H18F2N6O. The minimum atomic E-state index is -0.575. The summed E-state index contributed by atoms with van der Waals surface area (Å²) in [7, 11) is 0. The third kappa shape index (κ3) is 3.74. The molecular weight excluding hydrogens is 414 g/mol. The van der Waals surface area contributed by atoms with E-state index in [-0.39, 0.29) is 22.9 Å². The number of aryl methyl sites for hydroxylation is 1. The number of nitrogens with one attached hydrogen (secondary N) is 1. The normalized spacial score (nSPS) is 11.8. The van der Waals surface area contributed by atoms with Gasteiger partial charge in [0.05, 0.1) is 17.3 Å². The average molecular weight is 432 g/mol. The van der Waals surface area contributed by atoms with Crippen molar-refractivity contribution < 1.29 is 8.78 Å². The zero-order chi connectivity index (χ0) is 23.0. The average Bonchev–Trinajstić information content (AvgIpc) is 2.73. The second-order valence-electron chi connectivity index (χ2n) is 7.30. The number of rotatable bonds is 4. The van der Waals surface area contributed by atoms with Gasteiger partial charge in [-0.3, -0.25) is 9.20 Å². The third-order valence-corrected chi connectivity index (χ3v) is 5.12. The van der Waals surface area contributed by atoms with Crippen LogP contribution in [0.15, 0.2) is 53.5 Å². The molecule has 0 amide bonds. The predicted molar refractivity (Wildman–Crippen MR) is 117 cm³/mol. The molecule has 1 aromatic carbocycles. The molecule has 0 saturated carbocycles. The van der Waals surface area contributed by atoms with Gasteiger partial charge in [-0.2, -0.15) is 10.2 Å². The lowest BCUT2D eigenvalue weighted by Gasteiger charge is -2.20. The molecule has 32 heavy (non-hydrogen) atoms. The number of hydrogen-bond donors (Lipinski definition) is 2. The molecule has 7 nitrogen and oxygen atoms in total. The second-order valence-corrected chi connectivity index (χ2v) is 7.30. The maximum atomic E-state index is 14.0. The van der Waals surface area contributed by atoms with E-state index < -0.39 is 23.2 Å². The fraction of sp³-hybridized carbons (Fsp3) is 0.130. The van der Waals surface area contributed by atoms with Gasteiger partial charge >= 0.3 is 0 Å². The number of fused-ring (bicyclic) bond motifs is 1. The summed E-state index contributed by atoms with van der Waals surface area (Å²) in [5.74, 6) is -0.872. The first-order valence-corrected chi connectivity index (χ1v) is 9.70. The molecule has 1 unspecified atom stereocenters. The Morgan fingerprint density at radius 2 is 1.94 bits per heavy atom. The number of nitriles is 1. The van der Waals surface area contributed by atoms with Crippen molar-refractivity contribution in [2.24, 2.45) is 0 Å². The number of halogens is 2. The number of nitrogens with two attached hydrogens (primary N) is 1. The van der Waals surface area contributed by atoms with Crippen molar-refractivity contribution in [2.75, 3.05) is 11.1 Å². The molecule has 0 bridgehead atoms.